The molecular weight excluding hydrogens is 435 g/mol. The molecular formula is C17H20F3N9O3. The number of carbonyl (C=O) groups excluding carboxylic acids is 1. The second kappa shape index (κ2) is 9.14. The topological polar surface area (TPSA) is 145 Å². The Labute approximate surface area is 179 Å². The summed E-state index contributed by atoms with van der Waals surface area (Å²) in [4.78, 5) is 42.0. The first-order valence-electron chi connectivity index (χ1n) is 9.34. The van der Waals surface area contributed by atoms with Crippen LogP contribution in [-0.2, 0) is 23.2 Å². The van der Waals surface area contributed by atoms with Crippen molar-refractivity contribution in [2.75, 3.05) is 31.1 Å². The highest BCUT2D eigenvalue weighted by molar-refractivity contribution is 5.83. The number of imidazole rings is 1. The molecule has 0 atom stereocenters. The summed E-state index contributed by atoms with van der Waals surface area (Å²) < 4.78 is 39.4. The average molecular weight is 455 g/mol. The first kappa shape index (κ1) is 22.9. The molecule has 0 amide bonds. The summed E-state index contributed by atoms with van der Waals surface area (Å²) in [7, 11) is 1.36. The fourth-order valence-corrected chi connectivity index (χ4v) is 2.94. The van der Waals surface area contributed by atoms with Crippen molar-refractivity contribution >= 4 is 35.0 Å². The van der Waals surface area contributed by atoms with Crippen LogP contribution in [0.5, 0.6) is 0 Å². The number of fused-ring (bicyclic) bond motifs is 1. The predicted molar refractivity (Wildman–Crippen MR) is 108 cm³/mol. The number of halogens is 3. The molecule has 0 spiro atoms. The Kier molecular flexibility index (Phi) is 6.53. The number of rotatable bonds is 3. The second-order valence-corrected chi connectivity index (χ2v) is 6.60. The van der Waals surface area contributed by atoms with Crippen LogP contribution in [0.1, 0.15) is 6.92 Å². The lowest BCUT2D eigenvalue weighted by Gasteiger charge is -2.28. The predicted octanol–water partition coefficient (Wildman–Crippen LogP) is -0.881. The minimum atomic E-state index is -5.22. The molecule has 0 bridgehead atoms. The molecule has 0 saturated carbocycles. The van der Waals surface area contributed by atoms with Crippen LogP contribution in [0.4, 0.5) is 25.1 Å². The summed E-state index contributed by atoms with van der Waals surface area (Å²) in [6.45, 7) is 4.69. The van der Waals surface area contributed by atoms with Gasteiger partial charge in [0.25, 0.3) is 5.56 Å². The van der Waals surface area contributed by atoms with E-state index in [0.717, 1.165) is 17.7 Å². The normalized spacial score (nSPS) is 14.8. The highest BCUT2D eigenvalue weighted by Gasteiger charge is 2.41. The van der Waals surface area contributed by atoms with Crippen molar-refractivity contribution in [2.45, 2.75) is 19.6 Å². The Hall–Kier alpha value is -3.80. The third-order valence-electron chi connectivity index (χ3n) is 4.46. The van der Waals surface area contributed by atoms with Gasteiger partial charge in [0.2, 0.25) is 17.9 Å². The Bertz CT molecular complexity index is 1170. The monoisotopic (exact) mass is 455 g/mol. The number of hydrogen-bond acceptors (Lipinski definition) is 8. The van der Waals surface area contributed by atoms with Crippen LogP contribution >= 0.6 is 0 Å². The van der Waals surface area contributed by atoms with Gasteiger partial charge in [-0.15, -0.1) is 5.92 Å². The lowest BCUT2D eigenvalue weighted by atomic mass is 10.4. The molecule has 0 aromatic carbocycles. The fourth-order valence-electron chi connectivity index (χ4n) is 2.94. The van der Waals surface area contributed by atoms with E-state index in [1.165, 1.54) is 7.05 Å². The van der Waals surface area contributed by atoms with E-state index in [2.05, 4.69) is 37.0 Å². The number of aliphatic imine (C=N–C) groups is 1. The number of nitrogens with two attached hydrogens (primary N) is 1. The Morgan fingerprint density at radius 3 is 2.66 bits per heavy atom. The molecule has 3 rings (SSSR count). The van der Waals surface area contributed by atoms with Crippen molar-refractivity contribution < 1.29 is 22.8 Å². The standard InChI is InChI=1S/C17H20F3N9O3/c1-3-4-7-29-10-11(24-16(29)28-8-5-22-6-9-28)23-15(27(2)12(10)30)25-14(21)26-32-13(31)17(18,19)20/h22H,5-9H2,1-2H3,(H3,21,23,25,26). The highest BCUT2D eigenvalue weighted by atomic mass is 19.4. The van der Waals surface area contributed by atoms with Crippen LogP contribution in [0.15, 0.2) is 9.79 Å². The van der Waals surface area contributed by atoms with Gasteiger partial charge in [0.05, 0.1) is 6.54 Å². The quantitative estimate of drug-likeness (QED) is 0.233. The first-order chi connectivity index (χ1) is 15.1. The first-order valence-corrected chi connectivity index (χ1v) is 9.34. The molecule has 1 fully saturated rings. The van der Waals surface area contributed by atoms with E-state index >= 15 is 0 Å². The third kappa shape index (κ3) is 4.75. The van der Waals surface area contributed by atoms with Gasteiger partial charge in [0, 0.05) is 33.2 Å². The molecule has 2 aromatic rings. The summed E-state index contributed by atoms with van der Waals surface area (Å²) in [5, 5.41) is 3.23. The van der Waals surface area contributed by atoms with Crippen LogP contribution in [0.2, 0.25) is 0 Å². The number of carbonyl (C=O) groups is 1. The van der Waals surface area contributed by atoms with E-state index in [9.17, 15) is 22.8 Å². The van der Waals surface area contributed by atoms with E-state index in [1.54, 1.807) is 17.0 Å². The number of aromatic nitrogens is 4. The summed E-state index contributed by atoms with van der Waals surface area (Å²) >= 11 is 0. The average Bonchev–Trinajstić information content (AvgIpc) is 3.12. The number of piperazine rings is 1. The van der Waals surface area contributed by atoms with Crippen LogP contribution in [0.25, 0.3) is 11.2 Å². The van der Waals surface area contributed by atoms with E-state index in [0.29, 0.717) is 19.0 Å². The van der Waals surface area contributed by atoms with Gasteiger partial charge in [0.1, 0.15) is 0 Å². The summed E-state index contributed by atoms with van der Waals surface area (Å²) in [5.41, 5.74) is 6.78. The molecule has 0 radical (unpaired) electrons. The number of alkyl halides is 3. The molecule has 12 nitrogen and oxygen atoms in total. The summed E-state index contributed by atoms with van der Waals surface area (Å²) in [6.07, 6.45) is -5.22. The van der Waals surface area contributed by atoms with Crippen LogP contribution in [-0.4, -0.2) is 63.4 Å². The maximum atomic E-state index is 13.0. The molecule has 0 unspecified atom stereocenters. The van der Waals surface area contributed by atoms with Crippen LogP contribution in [0, 0.1) is 11.8 Å². The molecule has 1 aliphatic rings. The number of anilines is 1. The van der Waals surface area contributed by atoms with E-state index in [-0.39, 0.29) is 23.7 Å². The highest BCUT2D eigenvalue weighted by Crippen LogP contribution is 2.21. The zero-order valence-electron chi connectivity index (χ0n) is 17.2. The van der Waals surface area contributed by atoms with E-state index in [4.69, 9.17) is 5.73 Å². The smallest absolute Gasteiger partial charge is 0.367 e. The van der Waals surface area contributed by atoms with Crippen LogP contribution < -0.4 is 27.0 Å². The summed E-state index contributed by atoms with van der Waals surface area (Å²) in [5.74, 6) is 2.72. The molecule has 172 valence electrons. The van der Waals surface area contributed by atoms with Gasteiger partial charge < -0.3 is 20.8 Å². The number of hydrogen-bond donors (Lipinski definition) is 3. The van der Waals surface area contributed by atoms with Crippen molar-refractivity contribution in [2.24, 2.45) is 17.8 Å². The van der Waals surface area contributed by atoms with Crippen molar-refractivity contribution in [3.8, 4) is 11.8 Å². The van der Waals surface area contributed by atoms with E-state index < -0.39 is 23.7 Å². The van der Waals surface area contributed by atoms with Crippen molar-refractivity contribution in [1.29, 1.82) is 0 Å². The zero-order valence-corrected chi connectivity index (χ0v) is 17.2. The van der Waals surface area contributed by atoms with Gasteiger partial charge in [-0.1, -0.05) is 5.92 Å². The molecule has 1 saturated heterocycles. The van der Waals surface area contributed by atoms with E-state index in [1.807, 2.05) is 4.90 Å². The van der Waals surface area contributed by atoms with Gasteiger partial charge in [-0.25, -0.2) is 4.79 Å². The molecule has 4 N–H and O–H groups in total. The lowest BCUT2D eigenvalue weighted by Crippen LogP contribution is -2.44. The van der Waals surface area contributed by atoms with Gasteiger partial charge in [0.15, 0.2) is 11.2 Å². The Morgan fingerprint density at radius 2 is 2.03 bits per heavy atom. The van der Waals surface area contributed by atoms with Gasteiger partial charge in [-0.2, -0.15) is 33.6 Å². The molecule has 3 heterocycles. The maximum absolute atomic E-state index is 13.0. The fraction of sp³-hybridized carbons (Fsp3) is 0.471. The molecule has 0 aliphatic carbocycles. The number of hydroxylamine groups is 1. The minimum Gasteiger partial charge on any atom is -0.367 e. The molecule has 1 aliphatic heterocycles. The van der Waals surface area contributed by atoms with Crippen molar-refractivity contribution in [1.82, 2.24) is 29.9 Å². The molecule has 2 aromatic heterocycles. The van der Waals surface area contributed by atoms with Crippen molar-refractivity contribution in [3.05, 3.63) is 10.4 Å². The zero-order chi connectivity index (χ0) is 23.5. The Morgan fingerprint density at radius 1 is 1.34 bits per heavy atom. The lowest BCUT2D eigenvalue weighted by molar-refractivity contribution is -0.203. The van der Waals surface area contributed by atoms with Crippen molar-refractivity contribution in [3.63, 3.8) is 0 Å². The number of nitrogens with one attached hydrogen (secondary N) is 2. The largest absolute Gasteiger partial charge is 0.493 e. The summed E-state index contributed by atoms with van der Waals surface area (Å²) in [6, 6.07) is 0. The molecule has 32 heavy (non-hydrogen) atoms. The third-order valence-corrected chi connectivity index (χ3v) is 4.46. The SMILES string of the molecule is CC#CCn1c(N2CCNCC2)nc2nc(N=C(N)NOC(=O)C(F)(F)F)n(C)c(=O)c21. The van der Waals surface area contributed by atoms with Gasteiger partial charge in [-0.05, 0) is 6.92 Å². The molecule has 15 heteroatoms. The van der Waals surface area contributed by atoms with Crippen LogP contribution in [0.3, 0.4) is 0 Å². The number of nitrogens with zero attached hydrogens (tertiary/aromatic N) is 6. The van der Waals surface area contributed by atoms with Gasteiger partial charge in [-0.3, -0.25) is 13.9 Å². The number of guanidine groups is 1. The Balaban J connectivity index is 2.01. The van der Waals surface area contributed by atoms with Gasteiger partial charge >= 0.3 is 12.1 Å². The minimum absolute atomic E-state index is 0.0679. The second-order valence-electron chi connectivity index (χ2n) is 6.60. The maximum Gasteiger partial charge on any atom is 0.493 e.